The number of hydrogen-bond donors (Lipinski definition) is 2. The van der Waals surface area contributed by atoms with E-state index in [1.54, 1.807) is 23.7 Å². The highest BCUT2D eigenvalue weighted by atomic mass is 32.1. The number of hydrogen-bond acceptors (Lipinski definition) is 5. The lowest BCUT2D eigenvalue weighted by atomic mass is 10.2. The zero-order valence-electron chi connectivity index (χ0n) is 11.4. The highest BCUT2D eigenvalue weighted by Crippen LogP contribution is 2.18. The maximum atomic E-state index is 4.49. The van der Waals surface area contributed by atoms with Crippen LogP contribution in [0.1, 0.15) is 30.7 Å². The molecule has 4 nitrogen and oxygen atoms in total. The van der Waals surface area contributed by atoms with E-state index in [2.05, 4.69) is 45.9 Å². The molecule has 102 valence electrons. The second-order valence-electron chi connectivity index (χ2n) is 4.29. The van der Waals surface area contributed by atoms with Gasteiger partial charge in [-0.1, -0.05) is 13.8 Å². The van der Waals surface area contributed by atoms with Gasteiger partial charge in [0.05, 0.1) is 18.9 Å². The van der Waals surface area contributed by atoms with E-state index in [1.807, 2.05) is 0 Å². The Labute approximate surface area is 118 Å². The number of nitrogens with zero attached hydrogens (tertiary/aromatic N) is 2. The molecule has 2 aromatic rings. The van der Waals surface area contributed by atoms with E-state index >= 15 is 0 Å². The maximum Gasteiger partial charge on any atom is 0.147 e. The number of nitrogens with one attached hydrogen (secondary N) is 2. The van der Waals surface area contributed by atoms with Gasteiger partial charge in [0.15, 0.2) is 0 Å². The van der Waals surface area contributed by atoms with Crippen molar-refractivity contribution in [1.82, 2.24) is 9.97 Å². The lowest BCUT2D eigenvalue weighted by molar-refractivity contribution is 0.962. The zero-order valence-corrected chi connectivity index (χ0v) is 12.3. The normalized spacial score (nSPS) is 10.4. The SMILES string of the molecule is CCCNc1cncc(NCc2sccc2CC)n1. The number of aryl methyl sites for hydroxylation is 1. The van der Waals surface area contributed by atoms with Crippen molar-refractivity contribution < 1.29 is 0 Å². The molecule has 0 saturated carbocycles. The molecule has 2 heterocycles. The number of anilines is 2. The highest BCUT2D eigenvalue weighted by Gasteiger charge is 2.03. The fourth-order valence-corrected chi connectivity index (χ4v) is 2.71. The summed E-state index contributed by atoms with van der Waals surface area (Å²) in [5, 5.41) is 8.71. The minimum atomic E-state index is 0.812. The predicted molar refractivity (Wildman–Crippen MR) is 81.8 cm³/mol. The molecule has 0 aliphatic heterocycles. The molecule has 0 radical (unpaired) electrons. The maximum absolute atomic E-state index is 4.49. The molecule has 19 heavy (non-hydrogen) atoms. The quantitative estimate of drug-likeness (QED) is 0.812. The third-order valence-corrected chi connectivity index (χ3v) is 3.80. The van der Waals surface area contributed by atoms with E-state index in [-0.39, 0.29) is 0 Å². The van der Waals surface area contributed by atoms with Gasteiger partial charge in [0.1, 0.15) is 11.6 Å². The van der Waals surface area contributed by atoms with E-state index in [0.29, 0.717) is 0 Å². The number of rotatable bonds is 7. The third-order valence-electron chi connectivity index (χ3n) is 2.84. The molecule has 0 bridgehead atoms. The minimum absolute atomic E-state index is 0.812. The summed E-state index contributed by atoms with van der Waals surface area (Å²) in [6.07, 6.45) is 5.67. The first-order valence-corrected chi connectivity index (χ1v) is 7.56. The molecule has 0 amide bonds. The Morgan fingerprint density at radius 1 is 1.16 bits per heavy atom. The first-order chi connectivity index (χ1) is 9.33. The van der Waals surface area contributed by atoms with E-state index in [0.717, 1.165) is 37.6 Å². The standard InChI is InChI=1S/C14H20N4S/c1-3-6-16-13-9-15-10-14(18-13)17-8-12-11(4-2)5-7-19-12/h5,7,9-10H,3-4,6,8H2,1-2H3,(H2,16,17,18). The van der Waals surface area contributed by atoms with Crippen LogP contribution in [-0.2, 0) is 13.0 Å². The molecule has 2 N–H and O–H groups in total. The van der Waals surface area contributed by atoms with Gasteiger partial charge in [-0.2, -0.15) is 0 Å². The van der Waals surface area contributed by atoms with Gasteiger partial charge < -0.3 is 10.6 Å². The lowest BCUT2D eigenvalue weighted by Gasteiger charge is -2.08. The van der Waals surface area contributed by atoms with Crippen molar-refractivity contribution in [2.45, 2.75) is 33.2 Å². The fourth-order valence-electron chi connectivity index (χ4n) is 1.80. The van der Waals surface area contributed by atoms with Crippen LogP contribution < -0.4 is 10.6 Å². The Morgan fingerprint density at radius 3 is 2.68 bits per heavy atom. The lowest BCUT2D eigenvalue weighted by Crippen LogP contribution is -2.06. The van der Waals surface area contributed by atoms with E-state index in [9.17, 15) is 0 Å². The Hall–Kier alpha value is -1.62. The van der Waals surface area contributed by atoms with Crippen LogP contribution in [0.3, 0.4) is 0 Å². The van der Waals surface area contributed by atoms with Gasteiger partial charge in [-0.3, -0.25) is 4.98 Å². The number of aromatic nitrogens is 2. The van der Waals surface area contributed by atoms with Gasteiger partial charge in [-0.05, 0) is 29.9 Å². The second-order valence-corrected chi connectivity index (χ2v) is 5.29. The molecule has 0 fully saturated rings. The van der Waals surface area contributed by atoms with Crippen molar-refractivity contribution in [1.29, 1.82) is 0 Å². The van der Waals surface area contributed by atoms with Crippen molar-refractivity contribution in [2.75, 3.05) is 17.2 Å². The van der Waals surface area contributed by atoms with Gasteiger partial charge >= 0.3 is 0 Å². The minimum Gasteiger partial charge on any atom is -0.369 e. The molecule has 0 aliphatic rings. The molecule has 5 heteroatoms. The van der Waals surface area contributed by atoms with Gasteiger partial charge in [0.2, 0.25) is 0 Å². The first kappa shape index (κ1) is 13.8. The molecular formula is C14H20N4S. The highest BCUT2D eigenvalue weighted by molar-refractivity contribution is 7.10. The third kappa shape index (κ3) is 3.92. The van der Waals surface area contributed by atoms with Crippen LogP contribution in [0, 0.1) is 0 Å². The topological polar surface area (TPSA) is 49.8 Å². The zero-order chi connectivity index (χ0) is 13.5. The molecule has 0 unspecified atom stereocenters. The van der Waals surface area contributed by atoms with Crippen LogP contribution in [0.25, 0.3) is 0 Å². The number of thiophene rings is 1. The van der Waals surface area contributed by atoms with Crippen molar-refractivity contribution in [3.8, 4) is 0 Å². The summed E-state index contributed by atoms with van der Waals surface area (Å²) in [6.45, 7) is 6.04. The first-order valence-electron chi connectivity index (χ1n) is 6.68. The van der Waals surface area contributed by atoms with Crippen LogP contribution in [0.4, 0.5) is 11.6 Å². The molecule has 2 aromatic heterocycles. The summed E-state index contributed by atoms with van der Waals surface area (Å²) in [4.78, 5) is 10.1. The largest absolute Gasteiger partial charge is 0.369 e. The molecule has 0 aromatic carbocycles. The van der Waals surface area contributed by atoms with Gasteiger partial charge in [0, 0.05) is 11.4 Å². The average Bonchev–Trinajstić information content (AvgIpc) is 2.91. The average molecular weight is 276 g/mol. The summed E-state index contributed by atoms with van der Waals surface area (Å²) in [6, 6.07) is 2.19. The van der Waals surface area contributed by atoms with Crippen LogP contribution in [0.15, 0.2) is 23.8 Å². The molecular weight excluding hydrogens is 256 g/mol. The van der Waals surface area contributed by atoms with Crippen LogP contribution in [-0.4, -0.2) is 16.5 Å². The summed E-state index contributed by atoms with van der Waals surface area (Å²) >= 11 is 1.79. The fraction of sp³-hybridized carbons (Fsp3) is 0.429. The summed E-state index contributed by atoms with van der Waals surface area (Å²) in [5.41, 5.74) is 1.41. The molecule has 0 saturated heterocycles. The Morgan fingerprint density at radius 2 is 1.95 bits per heavy atom. The van der Waals surface area contributed by atoms with Gasteiger partial charge in [0.25, 0.3) is 0 Å². The predicted octanol–water partition coefficient (Wildman–Crippen LogP) is 3.53. The smallest absolute Gasteiger partial charge is 0.147 e. The van der Waals surface area contributed by atoms with Gasteiger partial charge in [-0.25, -0.2) is 4.98 Å². The van der Waals surface area contributed by atoms with E-state index in [4.69, 9.17) is 0 Å². The molecule has 0 aliphatic carbocycles. The summed E-state index contributed by atoms with van der Waals surface area (Å²) in [7, 11) is 0. The Bertz CT molecular complexity index is 510. The van der Waals surface area contributed by atoms with Crippen LogP contribution in [0.2, 0.25) is 0 Å². The van der Waals surface area contributed by atoms with Crippen molar-refractivity contribution in [3.05, 3.63) is 34.3 Å². The van der Waals surface area contributed by atoms with E-state index in [1.165, 1.54) is 10.4 Å². The molecule has 0 atom stereocenters. The Kier molecular flexibility index (Phi) is 5.15. The van der Waals surface area contributed by atoms with Crippen LogP contribution >= 0.6 is 11.3 Å². The summed E-state index contributed by atoms with van der Waals surface area (Å²) < 4.78 is 0. The van der Waals surface area contributed by atoms with Crippen molar-refractivity contribution in [3.63, 3.8) is 0 Å². The van der Waals surface area contributed by atoms with Crippen LogP contribution in [0.5, 0.6) is 0 Å². The molecule has 0 spiro atoms. The monoisotopic (exact) mass is 276 g/mol. The van der Waals surface area contributed by atoms with Gasteiger partial charge in [-0.15, -0.1) is 11.3 Å². The second kappa shape index (κ2) is 7.09. The van der Waals surface area contributed by atoms with E-state index < -0.39 is 0 Å². The molecule has 2 rings (SSSR count). The Balaban J connectivity index is 1.95. The van der Waals surface area contributed by atoms with Crippen molar-refractivity contribution >= 4 is 23.0 Å². The van der Waals surface area contributed by atoms with Crippen molar-refractivity contribution in [2.24, 2.45) is 0 Å². The summed E-state index contributed by atoms with van der Waals surface area (Å²) in [5.74, 6) is 1.64.